The van der Waals surface area contributed by atoms with Crippen molar-refractivity contribution >= 4 is 5.91 Å². The molecule has 132 valence electrons. The molecule has 1 aromatic rings. The van der Waals surface area contributed by atoms with E-state index in [9.17, 15) is 4.79 Å². The van der Waals surface area contributed by atoms with E-state index in [1.54, 1.807) is 7.11 Å². The molecule has 0 radical (unpaired) electrons. The molecule has 0 saturated carbocycles. The predicted molar refractivity (Wildman–Crippen MR) is 93.7 cm³/mol. The van der Waals surface area contributed by atoms with Gasteiger partial charge >= 0.3 is 0 Å². The summed E-state index contributed by atoms with van der Waals surface area (Å²) in [6, 6.07) is 4.20. The first-order valence-electron chi connectivity index (χ1n) is 9.12. The lowest BCUT2D eigenvalue weighted by atomic mass is 9.90. The third kappa shape index (κ3) is 4.77. The Bertz CT molecular complexity index is 515. The zero-order valence-electron chi connectivity index (χ0n) is 14.7. The quantitative estimate of drug-likeness (QED) is 0.765. The highest BCUT2D eigenvalue weighted by Crippen LogP contribution is 2.24. The zero-order chi connectivity index (χ0) is 16.8. The monoisotopic (exact) mass is 331 g/mol. The van der Waals surface area contributed by atoms with Crippen LogP contribution in [0.2, 0.25) is 0 Å². The van der Waals surface area contributed by atoms with E-state index in [0.29, 0.717) is 24.9 Å². The molecule has 1 atom stereocenters. The number of nitrogens with zero attached hydrogens (tertiary/aromatic N) is 3. The molecule has 5 nitrogen and oxygen atoms in total. The van der Waals surface area contributed by atoms with E-state index >= 15 is 0 Å². The summed E-state index contributed by atoms with van der Waals surface area (Å²) >= 11 is 0. The van der Waals surface area contributed by atoms with Crippen LogP contribution in [0.4, 0.5) is 0 Å². The Hall–Kier alpha value is -1.46. The van der Waals surface area contributed by atoms with E-state index in [1.807, 2.05) is 23.4 Å². The maximum atomic E-state index is 12.0. The molecule has 1 aromatic heterocycles. The normalized spacial score (nSPS) is 23.1. The minimum Gasteiger partial charge on any atom is -0.383 e. The number of carbonyl (C=O) groups is 1. The number of hydrogen-bond donors (Lipinski definition) is 0. The molecule has 2 fully saturated rings. The van der Waals surface area contributed by atoms with Gasteiger partial charge in [0.15, 0.2) is 0 Å². The van der Waals surface area contributed by atoms with Gasteiger partial charge in [-0.15, -0.1) is 0 Å². The molecular formula is C19H29N3O2. The molecule has 3 heterocycles. The Labute approximate surface area is 145 Å². The summed E-state index contributed by atoms with van der Waals surface area (Å²) in [6.07, 6.45) is 8.19. The van der Waals surface area contributed by atoms with Gasteiger partial charge in [0.05, 0.1) is 6.61 Å². The third-order valence-electron chi connectivity index (χ3n) is 5.33. The van der Waals surface area contributed by atoms with Crippen LogP contribution in [0.5, 0.6) is 0 Å². The number of pyridine rings is 1. The van der Waals surface area contributed by atoms with Crippen LogP contribution in [0.25, 0.3) is 0 Å². The van der Waals surface area contributed by atoms with Crippen LogP contribution >= 0.6 is 0 Å². The van der Waals surface area contributed by atoms with E-state index in [4.69, 9.17) is 4.74 Å². The average molecular weight is 331 g/mol. The topological polar surface area (TPSA) is 45.7 Å². The zero-order valence-corrected chi connectivity index (χ0v) is 14.7. The Morgan fingerprint density at radius 3 is 2.83 bits per heavy atom. The van der Waals surface area contributed by atoms with Gasteiger partial charge in [0.2, 0.25) is 5.91 Å². The Morgan fingerprint density at radius 1 is 1.29 bits per heavy atom. The fourth-order valence-corrected chi connectivity index (χ4v) is 3.98. The molecule has 2 saturated heterocycles. The SMILES string of the molecule is COCCN1CC(CN2CCC(Cc3cccnc3)CC2)CC1=O. The minimum absolute atomic E-state index is 0.295. The van der Waals surface area contributed by atoms with Crippen molar-refractivity contribution in [2.45, 2.75) is 25.7 Å². The highest BCUT2D eigenvalue weighted by Gasteiger charge is 2.31. The van der Waals surface area contributed by atoms with Crippen LogP contribution < -0.4 is 0 Å². The molecule has 1 amide bonds. The summed E-state index contributed by atoms with van der Waals surface area (Å²) in [4.78, 5) is 20.8. The lowest BCUT2D eigenvalue weighted by Crippen LogP contribution is -2.38. The van der Waals surface area contributed by atoms with Crippen LogP contribution in [0.15, 0.2) is 24.5 Å². The van der Waals surface area contributed by atoms with Gasteiger partial charge in [0, 0.05) is 45.6 Å². The van der Waals surface area contributed by atoms with E-state index in [0.717, 1.165) is 45.1 Å². The van der Waals surface area contributed by atoms with Crippen molar-refractivity contribution in [2.24, 2.45) is 11.8 Å². The number of ether oxygens (including phenoxy) is 1. The first kappa shape index (κ1) is 17.4. The van der Waals surface area contributed by atoms with Crippen molar-refractivity contribution < 1.29 is 9.53 Å². The molecule has 1 unspecified atom stereocenters. The van der Waals surface area contributed by atoms with Crippen LogP contribution in [-0.2, 0) is 16.0 Å². The van der Waals surface area contributed by atoms with Gasteiger partial charge in [-0.1, -0.05) is 6.07 Å². The van der Waals surface area contributed by atoms with Crippen molar-refractivity contribution in [3.8, 4) is 0 Å². The molecule has 0 spiro atoms. The Kier molecular flexibility index (Phi) is 6.21. The number of piperidine rings is 1. The van der Waals surface area contributed by atoms with Crippen LogP contribution in [-0.4, -0.2) is 67.1 Å². The van der Waals surface area contributed by atoms with Crippen molar-refractivity contribution in [1.29, 1.82) is 0 Å². The van der Waals surface area contributed by atoms with Crippen molar-refractivity contribution in [3.05, 3.63) is 30.1 Å². The highest BCUT2D eigenvalue weighted by atomic mass is 16.5. The number of likely N-dealkylation sites (tertiary alicyclic amines) is 2. The maximum absolute atomic E-state index is 12.0. The first-order valence-corrected chi connectivity index (χ1v) is 9.12. The second-order valence-corrected chi connectivity index (χ2v) is 7.21. The summed E-state index contributed by atoms with van der Waals surface area (Å²) in [6.45, 7) is 5.66. The molecule has 0 aliphatic carbocycles. The van der Waals surface area contributed by atoms with Gasteiger partial charge < -0.3 is 14.5 Å². The third-order valence-corrected chi connectivity index (χ3v) is 5.33. The minimum atomic E-state index is 0.295. The predicted octanol–water partition coefficient (Wildman–Crippen LogP) is 1.83. The molecule has 0 aromatic carbocycles. The number of amides is 1. The standard InChI is InChI=1S/C19H29N3O2/c1-24-10-9-22-15-18(12-19(22)23)14-21-7-4-16(5-8-21)11-17-3-2-6-20-13-17/h2-3,6,13,16,18H,4-5,7-12,14-15H2,1H3. The molecule has 2 aliphatic rings. The van der Waals surface area contributed by atoms with Crippen molar-refractivity contribution in [3.63, 3.8) is 0 Å². The second-order valence-electron chi connectivity index (χ2n) is 7.21. The summed E-state index contributed by atoms with van der Waals surface area (Å²) in [5.74, 6) is 1.56. The fourth-order valence-electron chi connectivity index (χ4n) is 3.98. The molecule has 3 rings (SSSR count). The van der Waals surface area contributed by atoms with Gasteiger partial charge in [0.25, 0.3) is 0 Å². The van der Waals surface area contributed by atoms with Crippen LogP contribution in [0.3, 0.4) is 0 Å². The van der Waals surface area contributed by atoms with E-state index in [1.165, 1.54) is 18.4 Å². The van der Waals surface area contributed by atoms with Gasteiger partial charge in [-0.2, -0.15) is 0 Å². The van der Waals surface area contributed by atoms with Crippen molar-refractivity contribution in [1.82, 2.24) is 14.8 Å². The van der Waals surface area contributed by atoms with E-state index in [-0.39, 0.29) is 0 Å². The van der Waals surface area contributed by atoms with E-state index < -0.39 is 0 Å². The van der Waals surface area contributed by atoms with Gasteiger partial charge in [-0.3, -0.25) is 9.78 Å². The molecular weight excluding hydrogens is 302 g/mol. The first-order chi connectivity index (χ1) is 11.7. The number of methoxy groups -OCH3 is 1. The summed E-state index contributed by atoms with van der Waals surface area (Å²) in [5.41, 5.74) is 1.35. The number of rotatable bonds is 7. The molecule has 0 bridgehead atoms. The smallest absolute Gasteiger partial charge is 0.223 e. The Balaban J connectivity index is 1.39. The average Bonchev–Trinajstić information content (AvgIpc) is 2.95. The lowest BCUT2D eigenvalue weighted by molar-refractivity contribution is -0.128. The van der Waals surface area contributed by atoms with Crippen molar-refractivity contribution in [2.75, 3.05) is 46.4 Å². The fraction of sp³-hybridized carbons (Fsp3) is 0.684. The van der Waals surface area contributed by atoms with Crippen LogP contribution in [0.1, 0.15) is 24.8 Å². The lowest BCUT2D eigenvalue weighted by Gasteiger charge is -2.33. The molecule has 5 heteroatoms. The van der Waals surface area contributed by atoms with Gasteiger partial charge in [0.1, 0.15) is 0 Å². The number of aromatic nitrogens is 1. The van der Waals surface area contributed by atoms with Crippen LogP contribution in [0, 0.1) is 11.8 Å². The maximum Gasteiger partial charge on any atom is 0.223 e. The summed E-state index contributed by atoms with van der Waals surface area (Å²) in [5, 5.41) is 0. The number of carbonyl (C=O) groups excluding carboxylic acids is 1. The summed E-state index contributed by atoms with van der Waals surface area (Å²) < 4.78 is 5.09. The summed E-state index contributed by atoms with van der Waals surface area (Å²) in [7, 11) is 1.69. The number of hydrogen-bond acceptors (Lipinski definition) is 4. The molecule has 2 aliphatic heterocycles. The Morgan fingerprint density at radius 2 is 2.12 bits per heavy atom. The molecule has 0 N–H and O–H groups in total. The van der Waals surface area contributed by atoms with Gasteiger partial charge in [-0.05, 0) is 55.8 Å². The van der Waals surface area contributed by atoms with E-state index in [2.05, 4.69) is 16.0 Å². The molecule has 24 heavy (non-hydrogen) atoms. The second kappa shape index (κ2) is 8.58. The largest absolute Gasteiger partial charge is 0.383 e. The van der Waals surface area contributed by atoms with Gasteiger partial charge in [-0.25, -0.2) is 0 Å². The highest BCUT2D eigenvalue weighted by molar-refractivity contribution is 5.78.